The van der Waals surface area contributed by atoms with Crippen LogP contribution in [0.15, 0.2) is 30.3 Å². The van der Waals surface area contributed by atoms with Gasteiger partial charge in [-0.25, -0.2) is 10.3 Å². The van der Waals surface area contributed by atoms with Crippen molar-refractivity contribution in [3.63, 3.8) is 0 Å². The van der Waals surface area contributed by atoms with Gasteiger partial charge in [-0.2, -0.15) is 0 Å². The maximum atomic E-state index is 13.0. The monoisotopic (exact) mass is 408 g/mol. The van der Waals surface area contributed by atoms with Crippen molar-refractivity contribution in [2.24, 2.45) is 5.92 Å². The van der Waals surface area contributed by atoms with Crippen molar-refractivity contribution in [2.75, 3.05) is 20.3 Å². The maximum Gasteiger partial charge on any atom is 0.329 e. The summed E-state index contributed by atoms with van der Waals surface area (Å²) in [5.74, 6) is -1.46. The zero-order valence-electron chi connectivity index (χ0n) is 17.6. The fourth-order valence-electron chi connectivity index (χ4n) is 2.88. The average molecular weight is 408 g/mol. The molecule has 0 spiro atoms. The molecule has 2 atom stereocenters. The van der Waals surface area contributed by atoms with Gasteiger partial charge in [0.1, 0.15) is 18.7 Å². The molecule has 0 fully saturated rings. The fourth-order valence-corrected chi connectivity index (χ4v) is 2.88. The summed E-state index contributed by atoms with van der Waals surface area (Å²) in [6.45, 7) is 5.70. The lowest BCUT2D eigenvalue weighted by Gasteiger charge is -2.34. The molecule has 0 saturated heterocycles. The molecule has 0 bridgehead atoms. The van der Waals surface area contributed by atoms with Crippen LogP contribution in [-0.2, 0) is 30.3 Å². The van der Waals surface area contributed by atoms with Gasteiger partial charge in [-0.1, -0.05) is 44.2 Å². The van der Waals surface area contributed by atoms with Crippen molar-refractivity contribution in [1.29, 1.82) is 0 Å². The molecule has 8 nitrogen and oxygen atoms in total. The highest BCUT2D eigenvalue weighted by Gasteiger charge is 2.37. The third-order valence-electron chi connectivity index (χ3n) is 4.54. The van der Waals surface area contributed by atoms with E-state index in [2.05, 4.69) is 0 Å². The molecular formula is C21H32N2O6. The van der Waals surface area contributed by atoms with Gasteiger partial charge in [0, 0.05) is 20.0 Å². The van der Waals surface area contributed by atoms with Gasteiger partial charge in [0.25, 0.3) is 5.91 Å². The summed E-state index contributed by atoms with van der Waals surface area (Å²) < 4.78 is 10.2. The first-order valence-electron chi connectivity index (χ1n) is 9.76. The van der Waals surface area contributed by atoms with Crippen LogP contribution in [0.3, 0.4) is 0 Å². The van der Waals surface area contributed by atoms with E-state index in [1.54, 1.807) is 5.48 Å². The number of nitrogens with zero attached hydrogens (tertiary/aromatic N) is 1. The van der Waals surface area contributed by atoms with Gasteiger partial charge >= 0.3 is 5.97 Å². The van der Waals surface area contributed by atoms with Crippen molar-refractivity contribution in [1.82, 2.24) is 10.4 Å². The highest BCUT2D eigenvalue weighted by Crippen LogP contribution is 2.18. The standard InChI is InChI=1S/C21H32N2O6/c1-15(2)10-11-19(24)23(16(3)20(25)22-27)18(21(26)29-13-12-28-4)14-17-8-6-5-7-9-17/h5-9,15-16,18,27H,10-14H2,1-4H3,(H,22,25)/t16-,18-/m0/s1. The van der Waals surface area contributed by atoms with Crippen LogP contribution in [0.5, 0.6) is 0 Å². The SMILES string of the molecule is COCCOC(=O)[C@H](Cc1ccccc1)N(C(=O)CCC(C)C)[C@@H](C)C(=O)NO. The summed E-state index contributed by atoms with van der Waals surface area (Å²) in [4.78, 5) is 39.2. The second kappa shape index (κ2) is 12.9. The first-order valence-corrected chi connectivity index (χ1v) is 9.76. The summed E-state index contributed by atoms with van der Waals surface area (Å²) in [5, 5.41) is 9.07. The van der Waals surface area contributed by atoms with Crippen LogP contribution >= 0.6 is 0 Å². The number of benzene rings is 1. The number of esters is 1. The third-order valence-corrected chi connectivity index (χ3v) is 4.54. The molecule has 0 aromatic heterocycles. The molecule has 0 aliphatic rings. The van der Waals surface area contributed by atoms with E-state index < -0.39 is 24.0 Å². The van der Waals surface area contributed by atoms with Crippen LogP contribution in [0.4, 0.5) is 0 Å². The molecule has 8 heteroatoms. The Bertz CT molecular complexity index is 650. The van der Waals surface area contributed by atoms with Crippen LogP contribution in [-0.4, -0.2) is 60.3 Å². The van der Waals surface area contributed by atoms with E-state index in [0.29, 0.717) is 6.42 Å². The number of hydrogen-bond acceptors (Lipinski definition) is 6. The molecule has 1 rings (SSSR count). The van der Waals surface area contributed by atoms with E-state index in [0.717, 1.165) is 5.56 Å². The van der Waals surface area contributed by atoms with Crippen molar-refractivity contribution in [3.05, 3.63) is 35.9 Å². The minimum absolute atomic E-state index is 0.0369. The lowest BCUT2D eigenvalue weighted by molar-refractivity contribution is -0.160. The molecule has 0 radical (unpaired) electrons. The van der Waals surface area contributed by atoms with Crippen LogP contribution in [0, 0.1) is 5.92 Å². The quantitative estimate of drug-likeness (QED) is 0.237. The number of carbonyl (C=O) groups is 3. The highest BCUT2D eigenvalue weighted by atomic mass is 16.6. The molecule has 2 N–H and O–H groups in total. The van der Waals surface area contributed by atoms with Gasteiger partial charge < -0.3 is 14.4 Å². The number of nitrogens with one attached hydrogen (secondary N) is 1. The predicted octanol–water partition coefficient (Wildman–Crippen LogP) is 1.95. The van der Waals surface area contributed by atoms with Crippen LogP contribution < -0.4 is 5.48 Å². The maximum absolute atomic E-state index is 13.0. The lowest BCUT2D eigenvalue weighted by atomic mass is 10.0. The van der Waals surface area contributed by atoms with Crippen LogP contribution in [0.1, 0.15) is 39.2 Å². The number of amides is 2. The molecule has 0 heterocycles. The number of rotatable bonds is 12. The topological polar surface area (TPSA) is 105 Å². The summed E-state index contributed by atoms with van der Waals surface area (Å²) in [7, 11) is 1.49. The van der Waals surface area contributed by atoms with Gasteiger partial charge in [0.05, 0.1) is 6.61 Å². The highest BCUT2D eigenvalue weighted by molar-refractivity contribution is 5.90. The van der Waals surface area contributed by atoms with E-state index in [4.69, 9.17) is 14.7 Å². The van der Waals surface area contributed by atoms with Gasteiger partial charge in [-0.05, 0) is 24.8 Å². The van der Waals surface area contributed by atoms with Gasteiger partial charge in [0.2, 0.25) is 5.91 Å². The Morgan fingerprint density at radius 3 is 2.31 bits per heavy atom. The van der Waals surface area contributed by atoms with Crippen molar-refractivity contribution in [2.45, 2.75) is 52.1 Å². The summed E-state index contributed by atoms with van der Waals surface area (Å²) >= 11 is 0. The predicted molar refractivity (Wildman–Crippen MR) is 107 cm³/mol. The first-order chi connectivity index (χ1) is 13.8. The van der Waals surface area contributed by atoms with Crippen LogP contribution in [0.25, 0.3) is 0 Å². The Morgan fingerprint density at radius 1 is 1.10 bits per heavy atom. The molecule has 2 amide bonds. The number of carbonyl (C=O) groups excluding carboxylic acids is 3. The van der Waals surface area contributed by atoms with E-state index in [9.17, 15) is 14.4 Å². The Labute approximate surface area is 172 Å². The van der Waals surface area contributed by atoms with Crippen molar-refractivity contribution < 1.29 is 29.1 Å². The smallest absolute Gasteiger partial charge is 0.329 e. The second-order valence-corrected chi connectivity index (χ2v) is 7.25. The van der Waals surface area contributed by atoms with E-state index in [1.165, 1.54) is 18.9 Å². The Kier molecular flexibility index (Phi) is 10.9. The number of methoxy groups -OCH3 is 1. The van der Waals surface area contributed by atoms with Gasteiger partial charge in [0.15, 0.2) is 0 Å². The Morgan fingerprint density at radius 2 is 1.76 bits per heavy atom. The molecule has 0 aliphatic heterocycles. The minimum atomic E-state index is -1.05. The van der Waals surface area contributed by atoms with Crippen molar-refractivity contribution >= 4 is 17.8 Å². The molecule has 29 heavy (non-hydrogen) atoms. The van der Waals surface area contributed by atoms with Gasteiger partial charge in [-0.3, -0.25) is 14.8 Å². The second-order valence-electron chi connectivity index (χ2n) is 7.25. The van der Waals surface area contributed by atoms with E-state index >= 15 is 0 Å². The largest absolute Gasteiger partial charge is 0.462 e. The molecular weight excluding hydrogens is 376 g/mol. The molecule has 1 aromatic rings. The molecule has 0 saturated carbocycles. The lowest BCUT2D eigenvalue weighted by Crippen LogP contribution is -2.56. The third kappa shape index (κ3) is 8.21. The molecule has 1 aromatic carbocycles. The Hall–Kier alpha value is -2.45. The van der Waals surface area contributed by atoms with E-state index in [1.807, 2.05) is 44.2 Å². The van der Waals surface area contributed by atoms with Gasteiger partial charge in [-0.15, -0.1) is 0 Å². The average Bonchev–Trinajstić information content (AvgIpc) is 2.71. The molecule has 0 unspecified atom stereocenters. The number of hydrogen-bond donors (Lipinski definition) is 2. The zero-order chi connectivity index (χ0) is 21.8. The Balaban J connectivity index is 3.21. The zero-order valence-corrected chi connectivity index (χ0v) is 17.6. The van der Waals surface area contributed by atoms with E-state index in [-0.39, 0.29) is 37.9 Å². The van der Waals surface area contributed by atoms with Crippen LogP contribution in [0.2, 0.25) is 0 Å². The number of hydroxylamine groups is 1. The molecule has 162 valence electrons. The number of ether oxygens (including phenoxy) is 2. The fraction of sp³-hybridized carbons (Fsp3) is 0.571. The normalized spacial score (nSPS) is 12.9. The summed E-state index contributed by atoms with van der Waals surface area (Å²) in [5.41, 5.74) is 2.39. The summed E-state index contributed by atoms with van der Waals surface area (Å²) in [6, 6.07) is 7.12. The molecule has 0 aliphatic carbocycles. The first kappa shape index (κ1) is 24.6. The summed E-state index contributed by atoms with van der Waals surface area (Å²) in [6.07, 6.45) is 0.972. The minimum Gasteiger partial charge on any atom is -0.462 e. The van der Waals surface area contributed by atoms with Crippen molar-refractivity contribution in [3.8, 4) is 0 Å².